The van der Waals surface area contributed by atoms with Crippen molar-refractivity contribution in [3.05, 3.63) is 64.7 Å². The molecule has 0 spiro atoms. The van der Waals surface area contributed by atoms with E-state index >= 15 is 0 Å². The van der Waals surface area contributed by atoms with Crippen LogP contribution in [0.2, 0.25) is 0 Å². The van der Waals surface area contributed by atoms with Gasteiger partial charge in [-0.15, -0.1) is 0 Å². The highest BCUT2D eigenvalue weighted by atomic mass is 16.2. The molecule has 0 saturated carbocycles. The van der Waals surface area contributed by atoms with Crippen LogP contribution in [0.1, 0.15) is 43.0 Å². The minimum absolute atomic E-state index is 0.0329. The molecule has 2 amide bonds. The van der Waals surface area contributed by atoms with Gasteiger partial charge in [-0.3, -0.25) is 9.59 Å². The molecule has 0 heterocycles. The Kier molecular flexibility index (Phi) is 6.96. The van der Waals surface area contributed by atoms with E-state index in [9.17, 15) is 9.59 Å². The number of hydrogen-bond acceptors (Lipinski definition) is 2. The second-order valence-corrected chi connectivity index (χ2v) is 6.50. The monoisotopic (exact) mass is 352 g/mol. The first-order chi connectivity index (χ1) is 12.5. The normalized spacial score (nSPS) is 10.5. The van der Waals surface area contributed by atoms with Gasteiger partial charge in [0, 0.05) is 13.5 Å². The Morgan fingerprint density at radius 3 is 2.15 bits per heavy atom. The highest BCUT2D eigenvalue weighted by Gasteiger charge is 2.20. The maximum absolute atomic E-state index is 12.5. The zero-order valence-electron chi connectivity index (χ0n) is 16.1. The molecule has 0 unspecified atom stereocenters. The first-order valence-corrected chi connectivity index (χ1v) is 9.17. The van der Waals surface area contributed by atoms with Crippen molar-refractivity contribution < 1.29 is 9.59 Å². The molecule has 0 saturated heterocycles. The number of carbonyl (C=O) groups is 2. The number of carbonyl (C=O) groups excluding carboxylic acids is 2. The van der Waals surface area contributed by atoms with Crippen LogP contribution in [0.3, 0.4) is 0 Å². The first kappa shape index (κ1) is 19.7. The van der Waals surface area contributed by atoms with E-state index in [-0.39, 0.29) is 18.4 Å². The zero-order valence-corrected chi connectivity index (χ0v) is 16.1. The number of anilines is 1. The number of para-hydroxylation sites is 1. The number of rotatable bonds is 7. The average molecular weight is 352 g/mol. The third-order valence-corrected chi connectivity index (χ3v) is 4.49. The van der Waals surface area contributed by atoms with E-state index in [1.807, 2.05) is 49.4 Å². The molecule has 4 nitrogen and oxygen atoms in total. The number of benzene rings is 2. The van der Waals surface area contributed by atoms with Crippen LogP contribution in [0.5, 0.6) is 0 Å². The molecule has 0 atom stereocenters. The quantitative estimate of drug-likeness (QED) is 0.824. The van der Waals surface area contributed by atoms with Gasteiger partial charge in [0.15, 0.2) is 0 Å². The summed E-state index contributed by atoms with van der Waals surface area (Å²) in [5.74, 6) is -0.277. The standard InChI is InChI=1S/C22H28N2O2/c1-5-19-11-8-12-20(6-2)22(19)24(17(4)25)15-21(26)23-14-18-10-7-9-16(3)13-18/h7-13H,5-6,14-15H2,1-4H3,(H,23,26). The number of hydrogen-bond donors (Lipinski definition) is 1. The molecule has 0 aromatic heterocycles. The molecule has 0 aliphatic rings. The molecule has 0 aliphatic carbocycles. The van der Waals surface area contributed by atoms with Gasteiger partial charge in [-0.05, 0) is 36.5 Å². The summed E-state index contributed by atoms with van der Waals surface area (Å²) in [4.78, 5) is 26.4. The number of nitrogens with one attached hydrogen (secondary N) is 1. The predicted molar refractivity (Wildman–Crippen MR) is 106 cm³/mol. The van der Waals surface area contributed by atoms with Crippen LogP contribution < -0.4 is 10.2 Å². The van der Waals surface area contributed by atoms with E-state index in [4.69, 9.17) is 0 Å². The van der Waals surface area contributed by atoms with Crippen molar-refractivity contribution in [3.63, 3.8) is 0 Å². The summed E-state index contributed by atoms with van der Waals surface area (Å²) >= 11 is 0. The molecule has 2 aromatic carbocycles. The van der Waals surface area contributed by atoms with Crippen LogP contribution >= 0.6 is 0 Å². The van der Waals surface area contributed by atoms with Gasteiger partial charge >= 0.3 is 0 Å². The summed E-state index contributed by atoms with van der Waals surface area (Å²) in [5, 5.41) is 2.92. The Hall–Kier alpha value is -2.62. The van der Waals surface area contributed by atoms with Crippen LogP contribution in [0.4, 0.5) is 5.69 Å². The number of aryl methyl sites for hydroxylation is 3. The molecule has 1 N–H and O–H groups in total. The Morgan fingerprint density at radius 2 is 1.62 bits per heavy atom. The summed E-state index contributed by atoms with van der Waals surface area (Å²) in [6.45, 7) is 8.16. The lowest BCUT2D eigenvalue weighted by Gasteiger charge is -2.26. The van der Waals surface area contributed by atoms with Crippen LogP contribution in [0.25, 0.3) is 0 Å². The van der Waals surface area contributed by atoms with Crippen LogP contribution in [0.15, 0.2) is 42.5 Å². The van der Waals surface area contributed by atoms with E-state index in [1.54, 1.807) is 4.90 Å². The van der Waals surface area contributed by atoms with Crippen molar-refractivity contribution in [2.75, 3.05) is 11.4 Å². The van der Waals surface area contributed by atoms with Gasteiger partial charge in [0.1, 0.15) is 6.54 Å². The van der Waals surface area contributed by atoms with Crippen molar-refractivity contribution >= 4 is 17.5 Å². The summed E-state index contributed by atoms with van der Waals surface area (Å²) in [5.41, 5.74) is 5.27. The Morgan fingerprint density at radius 1 is 1.00 bits per heavy atom. The molecular weight excluding hydrogens is 324 g/mol. The van der Waals surface area contributed by atoms with Crippen LogP contribution in [-0.4, -0.2) is 18.4 Å². The third kappa shape index (κ3) is 4.94. The minimum atomic E-state index is -0.158. The second kappa shape index (κ2) is 9.18. The van der Waals surface area contributed by atoms with E-state index < -0.39 is 0 Å². The predicted octanol–water partition coefficient (Wildman–Crippen LogP) is 3.79. The van der Waals surface area contributed by atoms with E-state index in [0.29, 0.717) is 6.54 Å². The highest BCUT2D eigenvalue weighted by Crippen LogP contribution is 2.27. The lowest BCUT2D eigenvalue weighted by molar-refractivity contribution is -0.123. The van der Waals surface area contributed by atoms with Gasteiger partial charge in [0.05, 0.1) is 5.69 Å². The average Bonchev–Trinajstić information content (AvgIpc) is 2.63. The Labute approximate surface area is 156 Å². The smallest absolute Gasteiger partial charge is 0.240 e. The van der Waals surface area contributed by atoms with E-state index in [0.717, 1.165) is 40.8 Å². The summed E-state index contributed by atoms with van der Waals surface area (Å²) in [6.07, 6.45) is 1.63. The topological polar surface area (TPSA) is 49.4 Å². The lowest BCUT2D eigenvalue weighted by Crippen LogP contribution is -2.40. The van der Waals surface area contributed by atoms with E-state index in [1.165, 1.54) is 6.92 Å². The molecular formula is C22H28N2O2. The molecule has 0 fully saturated rings. The Balaban J connectivity index is 2.16. The lowest BCUT2D eigenvalue weighted by atomic mass is 10.0. The van der Waals surface area contributed by atoms with Gasteiger partial charge in [-0.2, -0.15) is 0 Å². The Bertz CT molecular complexity index is 761. The third-order valence-electron chi connectivity index (χ3n) is 4.49. The van der Waals surface area contributed by atoms with Crippen molar-refractivity contribution in [2.24, 2.45) is 0 Å². The van der Waals surface area contributed by atoms with Crippen molar-refractivity contribution in [1.82, 2.24) is 5.32 Å². The molecule has 138 valence electrons. The molecule has 0 radical (unpaired) electrons. The second-order valence-electron chi connectivity index (χ2n) is 6.50. The first-order valence-electron chi connectivity index (χ1n) is 9.17. The van der Waals surface area contributed by atoms with Gasteiger partial charge in [-0.1, -0.05) is 61.9 Å². The molecule has 2 rings (SSSR count). The van der Waals surface area contributed by atoms with Crippen molar-refractivity contribution in [2.45, 2.75) is 47.1 Å². The van der Waals surface area contributed by atoms with Gasteiger partial charge in [0.25, 0.3) is 0 Å². The SMILES string of the molecule is CCc1cccc(CC)c1N(CC(=O)NCc1cccc(C)c1)C(C)=O. The molecule has 0 aliphatic heterocycles. The summed E-state index contributed by atoms with van der Waals surface area (Å²) < 4.78 is 0. The van der Waals surface area contributed by atoms with Crippen LogP contribution in [-0.2, 0) is 29.0 Å². The van der Waals surface area contributed by atoms with Crippen molar-refractivity contribution in [1.29, 1.82) is 0 Å². The number of nitrogens with zero attached hydrogens (tertiary/aromatic N) is 1. The molecule has 26 heavy (non-hydrogen) atoms. The highest BCUT2D eigenvalue weighted by molar-refractivity contribution is 5.98. The maximum atomic E-state index is 12.5. The van der Waals surface area contributed by atoms with Crippen molar-refractivity contribution in [3.8, 4) is 0 Å². The maximum Gasteiger partial charge on any atom is 0.240 e. The van der Waals surface area contributed by atoms with Gasteiger partial charge in [-0.25, -0.2) is 0 Å². The summed E-state index contributed by atoms with van der Waals surface area (Å²) in [7, 11) is 0. The fourth-order valence-corrected chi connectivity index (χ4v) is 3.13. The largest absolute Gasteiger partial charge is 0.350 e. The van der Waals surface area contributed by atoms with Gasteiger partial charge < -0.3 is 10.2 Å². The van der Waals surface area contributed by atoms with E-state index in [2.05, 4.69) is 19.2 Å². The van der Waals surface area contributed by atoms with Gasteiger partial charge in [0.2, 0.25) is 11.8 Å². The molecule has 0 bridgehead atoms. The molecule has 2 aromatic rings. The fraction of sp³-hybridized carbons (Fsp3) is 0.364. The molecule has 4 heteroatoms. The minimum Gasteiger partial charge on any atom is -0.350 e. The zero-order chi connectivity index (χ0) is 19.1. The summed E-state index contributed by atoms with van der Waals surface area (Å²) in [6, 6.07) is 14.1. The van der Waals surface area contributed by atoms with Crippen LogP contribution in [0, 0.1) is 6.92 Å². The number of amides is 2. The fourth-order valence-electron chi connectivity index (χ4n) is 3.13.